The summed E-state index contributed by atoms with van der Waals surface area (Å²) in [4.78, 5) is 12.5. The molecule has 0 saturated carbocycles. The van der Waals surface area contributed by atoms with Crippen LogP contribution >= 0.6 is 0 Å². The van der Waals surface area contributed by atoms with E-state index in [0.29, 0.717) is 23.6 Å². The maximum Gasteiger partial charge on any atom is 0.255 e. The summed E-state index contributed by atoms with van der Waals surface area (Å²) < 4.78 is 17.3. The minimum atomic E-state index is -0.210. The maximum absolute atomic E-state index is 12.5. The largest absolute Gasteiger partial charge is 0.495 e. The van der Waals surface area contributed by atoms with Crippen LogP contribution in [-0.4, -0.2) is 18.6 Å². The van der Waals surface area contributed by atoms with Gasteiger partial charge in [0.15, 0.2) is 11.5 Å². The topological polar surface area (TPSA) is 56.8 Å². The number of ether oxygens (including phenoxy) is 3. The standard InChI is InChI=1S/C25H25NO4/c1-25(2)15-19-7-6-10-22(23(19)30-25)29-16-17-11-13-18(14-12-17)24(27)26-20-8-4-5-9-21(20)28-3/h4-14H,15-16H2,1-3H3,(H,26,27). The van der Waals surface area contributed by atoms with Gasteiger partial charge in [0.05, 0.1) is 12.8 Å². The predicted molar refractivity (Wildman–Crippen MR) is 117 cm³/mol. The minimum Gasteiger partial charge on any atom is -0.495 e. The zero-order valence-corrected chi connectivity index (χ0v) is 17.4. The van der Waals surface area contributed by atoms with Crippen LogP contribution in [0.4, 0.5) is 5.69 Å². The van der Waals surface area contributed by atoms with Crippen molar-refractivity contribution in [1.82, 2.24) is 0 Å². The first-order chi connectivity index (χ1) is 14.4. The Morgan fingerprint density at radius 2 is 1.73 bits per heavy atom. The van der Waals surface area contributed by atoms with E-state index in [1.165, 1.54) is 5.56 Å². The van der Waals surface area contributed by atoms with Gasteiger partial charge in [-0.05, 0) is 49.7 Å². The summed E-state index contributed by atoms with van der Waals surface area (Å²) in [7, 11) is 1.58. The highest BCUT2D eigenvalue weighted by Crippen LogP contribution is 2.42. The Labute approximate surface area is 176 Å². The van der Waals surface area contributed by atoms with Crippen molar-refractivity contribution < 1.29 is 19.0 Å². The lowest BCUT2D eigenvalue weighted by Gasteiger charge is -2.18. The second-order valence-corrected chi connectivity index (χ2v) is 7.92. The second kappa shape index (κ2) is 8.11. The van der Waals surface area contributed by atoms with Gasteiger partial charge in [0.25, 0.3) is 5.91 Å². The highest BCUT2D eigenvalue weighted by molar-refractivity contribution is 6.05. The highest BCUT2D eigenvalue weighted by Gasteiger charge is 2.32. The fourth-order valence-electron chi connectivity index (χ4n) is 3.56. The molecule has 0 bridgehead atoms. The van der Waals surface area contributed by atoms with Gasteiger partial charge in [-0.3, -0.25) is 4.79 Å². The number of para-hydroxylation sites is 3. The average Bonchev–Trinajstić information content (AvgIpc) is 3.07. The summed E-state index contributed by atoms with van der Waals surface area (Å²) in [6, 6.07) is 20.7. The van der Waals surface area contributed by atoms with Crippen LogP contribution in [0.25, 0.3) is 0 Å². The molecule has 1 amide bonds. The third-order valence-electron chi connectivity index (χ3n) is 5.02. The molecule has 3 aromatic rings. The first-order valence-corrected chi connectivity index (χ1v) is 9.92. The van der Waals surface area contributed by atoms with E-state index >= 15 is 0 Å². The SMILES string of the molecule is COc1ccccc1NC(=O)c1ccc(COc2cccc3c2OC(C)(C)C3)cc1. The molecule has 0 atom stereocenters. The maximum atomic E-state index is 12.5. The van der Waals surface area contributed by atoms with Gasteiger partial charge in [-0.15, -0.1) is 0 Å². The van der Waals surface area contributed by atoms with Crippen LogP contribution in [0.1, 0.15) is 35.3 Å². The molecule has 0 spiro atoms. The van der Waals surface area contributed by atoms with Gasteiger partial charge < -0.3 is 19.5 Å². The molecule has 0 aliphatic carbocycles. The van der Waals surface area contributed by atoms with E-state index < -0.39 is 0 Å². The van der Waals surface area contributed by atoms with E-state index in [1.54, 1.807) is 31.4 Å². The molecule has 5 nitrogen and oxygen atoms in total. The van der Waals surface area contributed by atoms with Crippen molar-refractivity contribution in [2.24, 2.45) is 0 Å². The molecular formula is C25H25NO4. The Balaban J connectivity index is 1.40. The monoisotopic (exact) mass is 403 g/mol. The second-order valence-electron chi connectivity index (χ2n) is 7.92. The predicted octanol–water partition coefficient (Wildman–Crippen LogP) is 5.24. The van der Waals surface area contributed by atoms with Crippen molar-refractivity contribution in [2.45, 2.75) is 32.5 Å². The summed E-state index contributed by atoms with van der Waals surface area (Å²) >= 11 is 0. The molecule has 1 aliphatic rings. The molecule has 0 radical (unpaired) electrons. The van der Waals surface area contributed by atoms with E-state index in [4.69, 9.17) is 14.2 Å². The Morgan fingerprint density at radius 1 is 1.00 bits per heavy atom. The van der Waals surface area contributed by atoms with Crippen LogP contribution in [0.5, 0.6) is 17.2 Å². The van der Waals surface area contributed by atoms with E-state index in [-0.39, 0.29) is 11.5 Å². The van der Waals surface area contributed by atoms with Gasteiger partial charge in [0.2, 0.25) is 0 Å². The number of carbonyl (C=O) groups is 1. The number of anilines is 1. The molecule has 1 aliphatic heterocycles. The number of rotatable bonds is 6. The van der Waals surface area contributed by atoms with Crippen molar-refractivity contribution in [1.29, 1.82) is 0 Å². The first kappa shape index (κ1) is 19.8. The molecule has 0 aromatic heterocycles. The van der Waals surface area contributed by atoms with Crippen LogP contribution in [0.2, 0.25) is 0 Å². The number of benzene rings is 3. The normalized spacial score (nSPS) is 13.8. The zero-order valence-electron chi connectivity index (χ0n) is 17.4. The minimum absolute atomic E-state index is 0.191. The van der Waals surface area contributed by atoms with E-state index in [0.717, 1.165) is 23.5 Å². The number of nitrogens with one attached hydrogen (secondary N) is 1. The fraction of sp³-hybridized carbons (Fsp3) is 0.240. The van der Waals surface area contributed by atoms with Gasteiger partial charge >= 0.3 is 0 Å². The smallest absolute Gasteiger partial charge is 0.255 e. The fourth-order valence-corrected chi connectivity index (χ4v) is 3.56. The molecule has 1 N–H and O–H groups in total. The molecule has 154 valence electrons. The van der Waals surface area contributed by atoms with E-state index in [2.05, 4.69) is 25.2 Å². The molecule has 0 unspecified atom stereocenters. The van der Waals surface area contributed by atoms with Gasteiger partial charge in [0.1, 0.15) is 18.0 Å². The van der Waals surface area contributed by atoms with Crippen molar-refractivity contribution in [3.05, 3.63) is 83.4 Å². The van der Waals surface area contributed by atoms with Crippen LogP contribution in [-0.2, 0) is 13.0 Å². The summed E-state index contributed by atoms with van der Waals surface area (Å²) in [6.07, 6.45) is 0.871. The number of carbonyl (C=O) groups excluding carboxylic acids is 1. The summed E-state index contributed by atoms with van der Waals surface area (Å²) in [6.45, 7) is 4.55. The van der Waals surface area contributed by atoms with Crippen LogP contribution in [0.15, 0.2) is 66.7 Å². The van der Waals surface area contributed by atoms with Crippen molar-refractivity contribution >= 4 is 11.6 Å². The zero-order chi connectivity index (χ0) is 21.1. The molecule has 3 aromatic carbocycles. The average molecular weight is 403 g/mol. The third-order valence-corrected chi connectivity index (χ3v) is 5.02. The van der Waals surface area contributed by atoms with Crippen molar-refractivity contribution in [2.75, 3.05) is 12.4 Å². The van der Waals surface area contributed by atoms with Gasteiger partial charge in [-0.25, -0.2) is 0 Å². The van der Waals surface area contributed by atoms with Crippen LogP contribution in [0, 0.1) is 0 Å². The first-order valence-electron chi connectivity index (χ1n) is 9.92. The molecule has 4 rings (SSSR count). The molecule has 0 saturated heterocycles. The van der Waals surface area contributed by atoms with E-state index in [1.807, 2.05) is 36.4 Å². The summed E-state index contributed by atoms with van der Waals surface area (Å²) in [5.41, 5.74) is 3.13. The van der Waals surface area contributed by atoms with Crippen LogP contribution in [0.3, 0.4) is 0 Å². The Hall–Kier alpha value is -3.47. The van der Waals surface area contributed by atoms with Crippen molar-refractivity contribution in [3.63, 3.8) is 0 Å². The lowest BCUT2D eigenvalue weighted by atomic mass is 10.0. The van der Waals surface area contributed by atoms with Gasteiger partial charge in [-0.2, -0.15) is 0 Å². The number of amides is 1. The molecule has 1 heterocycles. The Kier molecular flexibility index (Phi) is 5.36. The van der Waals surface area contributed by atoms with Gasteiger partial charge in [-0.1, -0.05) is 36.4 Å². The number of hydrogen-bond donors (Lipinski definition) is 1. The summed E-state index contributed by atoms with van der Waals surface area (Å²) in [5.74, 6) is 2.01. The number of fused-ring (bicyclic) bond motifs is 1. The van der Waals surface area contributed by atoms with E-state index in [9.17, 15) is 4.79 Å². The Morgan fingerprint density at radius 3 is 2.50 bits per heavy atom. The molecule has 0 fully saturated rings. The number of methoxy groups -OCH3 is 1. The number of hydrogen-bond acceptors (Lipinski definition) is 4. The van der Waals surface area contributed by atoms with Crippen LogP contribution < -0.4 is 19.5 Å². The van der Waals surface area contributed by atoms with Crippen molar-refractivity contribution in [3.8, 4) is 17.2 Å². The quantitative estimate of drug-likeness (QED) is 0.612. The lowest BCUT2D eigenvalue weighted by Crippen LogP contribution is -2.24. The Bertz CT molecular complexity index is 1060. The lowest BCUT2D eigenvalue weighted by molar-refractivity contribution is 0.102. The summed E-state index contributed by atoms with van der Waals surface area (Å²) in [5, 5.41) is 2.88. The third kappa shape index (κ3) is 4.25. The highest BCUT2D eigenvalue weighted by atomic mass is 16.5. The molecular weight excluding hydrogens is 378 g/mol. The molecule has 30 heavy (non-hydrogen) atoms. The molecule has 5 heteroatoms. The van der Waals surface area contributed by atoms with Gasteiger partial charge in [0, 0.05) is 17.5 Å².